The topological polar surface area (TPSA) is 110 Å². The Labute approximate surface area is 181 Å². The molecule has 162 valence electrons. The fourth-order valence-electron chi connectivity index (χ4n) is 3.69. The monoisotopic (exact) mass is 440 g/mol. The number of carbonyl (C=O) groups is 1. The second-order valence-electron chi connectivity index (χ2n) is 7.48. The van der Waals surface area contributed by atoms with Crippen LogP contribution in [-0.2, 0) is 21.2 Å². The van der Waals surface area contributed by atoms with E-state index in [1.165, 1.54) is 27.4 Å². The molecule has 31 heavy (non-hydrogen) atoms. The molecule has 1 atom stereocenters. The molecular weight excluding hydrogens is 416 g/mol. The minimum atomic E-state index is -3.69. The van der Waals surface area contributed by atoms with Crippen LogP contribution in [0.3, 0.4) is 0 Å². The summed E-state index contributed by atoms with van der Waals surface area (Å²) in [5, 5.41) is 13.9. The Bertz CT molecular complexity index is 1100. The number of carbonyl (C=O) groups excluding carboxylic acids is 1. The Hall–Kier alpha value is -3.11. The van der Waals surface area contributed by atoms with Crippen molar-refractivity contribution in [1.29, 1.82) is 0 Å². The Balaban J connectivity index is 1.37. The largest absolute Gasteiger partial charge is 0.355 e. The maximum absolute atomic E-state index is 13.1. The third-order valence-corrected chi connectivity index (χ3v) is 7.28. The van der Waals surface area contributed by atoms with Gasteiger partial charge in [0.1, 0.15) is 6.33 Å². The molecule has 1 aromatic heterocycles. The number of amides is 1. The number of benzene rings is 2. The van der Waals surface area contributed by atoms with Gasteiger partial charge in [-0.3, -0.25) is 4.79 Å². The first-order valence-corrected chi connectivity index (χ1v) is 11.6. The summed E-state index contributed by atoms with van der Waals surface area (Å²) in [5.74, 6) is -0.440. The number of tetrazole rings is 1. The molecule has 2 heterocycles. The lowest BCUT2D eigenvalue weighted by atomic mass is 9.99. The van der Waals surface area contributed by atoms with Crippen LogP contribution in [-0.4, -0.2) is 58.5 Å². The molecule has 0 aliphatic carbocycles. The average molecular weight is 441 g/mol. The van der Waals surface area contributed by atoms with Crippen molar-refractivity contribution in [2.45, 2.75) is 24.2 Å². The van der Waals surface area contributed by atoms with E-state index in [2.05, 4.69) is 20.8 Å². The molecule has 0 radical (unpaired) electrons. The Morgan fingerprint density at radius 2 is 1.87 bits per heavy atom. The van der Waals surface area contributed by atoms with Gasteiger partial charge in [0.25, 0.3) is 0 Å². The summed E-state index contributed by atoms with van der Waals surface area (Å²) in [6.07, 6.45) is 3.52. The van der Waals surface area contributed by atoms with Crippen LogP contribution in [0.25, 0.3) is 5.69 Å². The van der Waals surface area contributed by atoms with Gasteiger partial charge in [-0.1, -0.05) is 30.3 Å². The average Bonchev–Trinajstić information content (AvgIpc) is 3.35. The molecule has 1 fully saturated rings. The smallest absolute Gasteiger partial charge is 0.243 e. The van der Waals surface area contributed by atoms with Crippen LogP contribution in [0, 0.1) is 5.92 Å². The van der Waals surface area contributed by atoms with Crippen LogP contribution < -0.4 is 5.32 Å². The van der Waals surface area contributed by atoms with E-state index in [9.17, 15) is 13.2 Å². The van der Waals surface area contributed by atoms with E-state index in [0.717, 1.165) is 12.0 Å². The van der Waals surface area contributed by atoms with Gasteiger partial charge < -0.3 is 5.32 Å². The molecule has 9 nitrogen and oxygen atoms in total. The van der Waals surface area contributed by atoms with Crippen molar-refractivity contribution in [3.63, 3.8) is 0 Å². The molecule has 1 saturated heterocycles. The standard InChI is InChI=1S/C21H24N6O3S/c28-21(22-13-12-17-5-2-1-3-6-17)18-7-4-14-26(15-18)31(29,30)20-10-8-19(9-11-20)27-16-23-24-25-27/h1-3,5-6,8-11,16,18H,4,7,12-15H2,(H,22,28)/t18-/m0/s1. The summed E-state index contributed by atoms with van der Waals surface area (Å²) in [5.41, 5.74) is 1.82. The summed E-state index contributed by atoms with van der Waals surface area (Å²) in [7, 11) is -3.69. The van der Waals surface area contributed by atoms with Crippen molar-refractivity contribution in [2.75, 3.05) is 19.6 Å². The lowest BCUT2D eigenvalue weighted by Crippen LogP contribution is -2.45. The number of sulfonamides is 1. The van der Waals surface area contributed by atoms with Crippen molar-refractivity contribution in [3.05, 3.63) is 66.5 Å². The number of aromatic nitrogens is 4. The van der Waals surface area contributed by atoms with Gasteiger partial charge in [-0.05, 0) is 59.5 Å². The van der Waals surface area contributed by atoms with Crippen LogP contribution in [0.1, 0.15) is 18.4 Å². The molecule has 1 N–H and O–H groups in total. The highest BCUT2D eigenvalue weighted by Gasteiger charge is 2.33. The maximum atomic E-state index is 13.1. The summed E-state index contributed by atoms with van der Waals surface area (Å²) < 4.78 is 29.1. The first-order valence-electron chi connectivity index (χ1n) is 10.2. The number of nitrogens with zero attached hydrogens (tertiary/aromatic N) is 5. The molecular formula is C21H24N6O3S. The Morgan fingerprint density at radius 3 is 2.58 bits per heavy atom. The Kier molecular flexibility index (Phi) is 6.38. The van der Waals surface area contributed by atoms with Gasteiger partial charge in [-0.15, -0.1) is 5.10 Å². The van der Waals surface area contributed by atoms with Gasteiger partial charge in [0.05, 0.1) is 16.5 Å². The lowest BCUT2D eigenvalue weighted by molar-refractivity contribution is -0.126. The van der Waals surface area contributed by atoms with Crippen LogP contribution in [0.4, 0.5) is 0 Å². The minimum Gasteiger partial charge on any atom is -0.355 e. The summed E-state index contributed by atoms with van der Waals surface area (Å²) in [6.45, 7) is 1.13. The van der Waals surface area contributed by atoms with Crippen LogP contribution in [0.15, 0.2) is 65.8 Å². The number of nitrogens with one attached hydrogen (secondary N) is 1. The van der Waals surface area contributed by atoms with Crippen molar-refractivity contribution >= 4 is 15.9 Å². The number of rotatable bonds is 7. The molecule has 0 unspecified atom stereocenters. The predicted molar refractivity (Wildman–Crippen MR) is 114 cm³/mol. The molecule has 0 saturated carbocycles. The SMILES string of the molecule is O=C(NCCc1ccccc1)[C@H]1CCCN(S(=O)(=O)c2ccc(-n3cnnn3)cc2)C1. The van der Waals surface area contributed by atoms with Crippen molar-refractivity contribution in [3.8, 4) is 5.69 Å². The maximum Gasteiger partial charge on any atom is 0.243 e. The molecule has 1 amide bonds. The van der Waals surface area contributed by atoms with Gasteiger partial charge >= 0.3 is 0 Å². The zero-order valence-electron chi connectivity index (χ0n) is 17.0. The minimum absolute atomic E-state index is 0.0927. The highest BCUT2D eigenvalue weighted by Crippen LogP contribution is 2.24. The quantitative estimate of drug-likeness (QED) is 0.595. The van der Waals surface area contributed by atoms with Gasteiger partial charge in [0, 0.05) is 19.6 Å². The molecule has 2 aromatic carbocycles. The fourth-order valence-corrected chi connectivity index (χ4v) is 5.22. The fraction of sp³-hybridized carbons (Fsp3) is 0.333. The number of hydrogen-bond acceptors (Lipinski definition) is 6. The molecule has 1 aliphatic heterocycles. The number of hydrogen-bond donors (Lipinski definition) is 1. The first kappa shape index (κ1) is 21.1. The highest BCUT2D eigenvalue weighted by molar-refractivity contribution is 7.89. The highest BCUT2D eigenvalue weighted by atomic mass is 32.2. The summed E-state index contributed by atoms with van der Waals surface area (Å²) >= 11 is 0. The second-order valence-corrected chi connectivity index (χ2v) is 9.42. The van der Waals surface area contributed by atoms with Gasteiger partial charge in [-0.2, -0.15) is 4.31 Å². The van der Waals surface area contributed by atoms with E-state index in [4.69, 9.17) is 0 Å². The van der Waals surface area contributed by atoms with Gasteiger partial charge in [0.2, 0.25) is 15.9 Å². The second kappa shape index (κ2) is 9.36. The zero-order chi connectivity index (χ0) is 21.7. The van der Waals surface area contributed by atoms with Crippen LogP contribution >= 0.6 is 0 Å². The van der Waals surface area contributed by atoms with Crippen molar-refractivity contribution in [2.24, 2.45) is 5.92 Å². The first-order chi connectivity index (χ1) is 15.0. The molecule has 1 aliphatic rings. The molecule has 10 heteroatoms. The van der Waals surface area contributed by atoms with E-state index in [-0.39, 0.29) is 23.3 Å². The van der Waals surface area contributed by atoms with Crippen LogP contribution in [0.2, 0.25) is 0 Å². The lowest BCUT2D eigenvalue weighted by Gasteiger charge is -2.31. The molecule has 3 aromatic rings. The molecule has 4 rings (SSSR count). The van der Waals surface area contributed by atoms with Crippen molar-refractivity contribution < 1.29 is 13.2 Å². The third kappa shape index (κ3) is 4.97. The van der Waals surface area contributed by atoms with E-state index < -0.39 is 10.0 Å². The third-order valence-electron chi connectivity index (χ3n) is 5.40. The zero-order valence-corrected chi connectivity index (χ0v) is 17.8. The summed E-state index contributed by atoms with van der Waals surface area (Å²) in [4.78, 5) is 12.8. The van der Waals surface area contributed by atoms with Crippen LogP contribution in [0.5, 0.6) is 0 Å². The van der Waals surface area contributed by atoms with Gasteiger partial charge in [0.15, 0.2) is 0 Å². The van der Waals surface area contributed by atoms with E-state index in [1.807, 2.05) is 30.3 Å². The van der Waals surface area contributed by atoms with Gasteiger partial charge in [-0.25, -0.2) is 13.1 Å². The van der Waals surface area contributed by atoms with Crippen molar-refractivity contribution in [1.82, 2.24) is 29.8 Å². The Morgan fingerprint density at radius 1 is 1.10 bits per heavy atom. The van der Waals surface area contributed by atoms with E-state index >= 15 is 0 Å². The van der Waals surface area contributed by atoms with E-state index in [1.54, 1.807) is 12.1 Å². The number of piperidine rings is 1. The normalized spacial score (nSPS) is 17.4. The predicted octanol–water partition coefficient (Wildman–Crippen LogP) is 1.42. The molecule has 0 bridgehead atoms. The van der Waals surface area contributed by atoms with E-state index in [0.29, 0.717) is 31.6 Å². The molecule has 0 spiro atoms. The summed E-state index contributed by atoms with van der Waals surface area (Å²) in [6, 6.07) is 16.3.